The molecule has 2 rings (SSSR count). The second kappa shape index (κ2) is 2.60. The van der Waals surface area contributed by atoms with E-state index in [-0.39, 0.29) is 5.82 Å². The summed E-state index contributed by atoms with van der Waals surface area (Å²) in [4.78, 5) is 3.63. The number of nitrogen functional groups attached to an aromatic ring is 1. The van der Waals surface area contributed by atoms with E-state index in [0.29, 0.717) is 5.52 Å². The molecule has 7 heteroatoms. The van der Waals surface area contributed by atoms with Crippen molar-refractivity contribution in [3.8, 4) is 0 Å². The SMILES string of the molecule is Nc1ncn2nc(C(F)(F)F)ccc12. The Morgan fingerprint density at radius 2 is 2.00 bits per heavy atom. The average molecular weight is 202 g/mol. The molecule has 2 aromatic rings. The minimum Gasteiger partial charge on any atom is -0.382 e. The van der Waals surface area contributed by atoms with Gasteiger partial charge in [-0.05, 0) is 12.1 Å². The number of hydrogen-bond donors (Lipinski definition) is 1. The van der Waals surface area contributed by atoms with E-state index in [1.165, 1.54) is 6.07 Å². The van der Waals surface area contributed by atoms with Crippen LogP contribution in [0.15, 0.2) is 18.5 Å². The molecule has 0 aliphatic heterocycles. The molecule has 0 saturated heterocycles. The molecule has 0 fully saturated rings. The predicted molar refractivity (Wildman–Crippen MR) is 42.4 cm³/mol. The van der Waals surface area contributed by atoms with Crippen molar-refractivity contribution in [2.45, 2.75) is 6.18 Å². The highest BCUT2D eigenvalue weighted by Gasteiger charge is 2.33. The first-order valence-electron chi connectivity index (χ1n) is 3.65. The van der Waals surface area contributed by atoms with Gasteiger partial charge in [0.15, 0.2) is 11.5 Å². The molecule has 14 heavy (non-hydrogen) atoms. The summed E-state index contributed by atoms with van der Waals surface area (Å²) in [6.07, 6.45) is -3.31. The van der Waals surface area contributed by atoms with Crippen LogP contribution in [-0.2, 0) is 6.18 Å². The Kier molecular flexibility index (Phi) is 1.63. The predicted octanol–water partition coefficient (Wildman–Crippen LogP) is 1.33. The zero-order chi connectivity index (χ0) is 10.3. The molecule has 0 aliphatic rings. The van der Waals surface area contributed by atoms with Crippen LogP contribution in [0.1, 0.15) is 5.69 Å². The maximum absolute atomic E-state index is 12.2. The van der Waals surface area contributed by atoms with Gasteiger partial charge in [0.1, 0.15) is 11.8 Å². The Morgan fingerprint density at radius 3 is 2.64 bits per heavy atom. The summed E-state index contributed by atoms with van der Waals surface area (Å²) in [6.45, 7) is 0. The number of anilines is 1. The Balaban J connectivity index is 2.63. The van der Waals surface area contributed by atoms with Gasteiger partial charge in [-0.3, -0.25) is 0 Å². The van der Waals surface area contributed by atoms with Crippen LogP contribution in [0.2, 0.25) is 0 Å². The van der Waals surface area contributed by atoms with Gasteiger partial charge in [0.25, 0.3) is 0 Å². The van der Waals surface area contributed by atoms with Crippen LogP contribution < -0.4 is 5.73 Å². The first-order valence-corrected chi connectivity index (χ1v) is 3.65. The highest BCUT2D eigenvalue weighted by atomic mass is 19.4. The number of aromatic nitrogens is 3. The van der Waals surface area contributed by atoms with Crippen molar-refractivity contribution in [1.29, 1.82) is 0 Å². The van der Waals surface area contributed by atoms with Crippen molar-refractivity contribution < 1.29 is 13.2 Å². The lowest BCUT2D eigenvalue weighted by molar-refractivity contribution is -0.141. The molecule has 0 spiro atoms. The van der Waals surface area contributed by atoms with Crippen molar-refractivity contribution in [2.75, 3.05) is 5.73 Å². The first-order chi connectivity index (χ1) is 6.48. The number of hydrogen-bond acceptors (Lipinski definition) is 3. The van der Waals surface area contributed by atoms with Crippen molar-refractivity contribution in [3.05, 3.63) is 24.2 Å². The zero-order valence-electron chi connectivity index (χ0n) is 6.78. The zero-order valence-corrected chi connectivity index (χ0v) is 6.78. The molecule has 0 unspecified atom stereocenters. The second-order valence-electron chi connectivity index (χ2n) is 2.68. The van der Waals surface area contributed by atoms with Gasteiger partial charge in [-0.25, -0.2) is 9.50 Å². The topological polar surface area (TPSA) is 56.2 Å². The van der Waals surface area contributed by atoms with Crippen molar-refractivity contribution in [3.63, 3.8) is 0 Å². The fourth-order valence-electron chi connectivity index (χ4n) is 1.06. The molecule has 0 bridgehead atoms. The average Bonchev–Trinajstić information content (AvgIpc) is 2.46. The number of fused-ring (bicyclic) bond motifs is 1. The fraction of sp³-hybridized carbons (Fsp3) is 0.143. The monoisotopic (exact) mass is 202 g/mol. The number of nitrogens with zero attached hydrogens (tertiary/aromatic N) is 3. The summed E-state index contributed by atoms with van der Waals surface area (Å²) in [5.41, 5.74) is 4.77. The molecule has 0 aliphatic carbocycles. The van der Waals surface area contributed by atoms with E-state index in [1.54, 1.807) is 0 Å². The highest BCUT2D eigenvalue weighted by Crippen LogP contribution is 2.27. The molecule has 2 aromatic heterocycles. The smallest absolute Gasteiger partial charge is 0.382 e. The van der Waals surface area contributed by atoms with Gasteiger partial charge in [0, 0.05) is 0 Å². The number of halogens is 3. The number of alkyl halides is 3. The van der Waals surface area contributed by atoms with E-state index in [0.717, 1.165) is 16.9 Å². The standard InChI is InChI=1S/C7H5F3N4/c8-7(9,10)5-2-1-4-6(11)12-3-14(4)13-5/h1-3H,11H2. The van der Waals surface area contributed by atoms with Gasteiger partial charge >= 0.3 is 6.18 Å². The quantitative estimate of drug-likeness (QED) is 0.701. The largest absolute Gasteiger partial charge is 0.435 e. The number of rotatable bonds is 0. The van der Waals surface area contributed by atoms with E-state index < -0.39 is 11.9 Å². The molecule has 74 valence electrons. The lowest BCUT2D eigenvalue weighted by atomic mass is 10.3. The van der Waals surface area contributed by atoms with E-state index in [9.17, 15) is 13.2 Å². The third-order valence-corrected chi connectivity index (χ3v) is 1.72. The van der Waals surface area contributed by atoms with Crippen molar-refractivity contribution >= 4 is 11.3 Å². The Labute approximate surface area is 76.2 Å². The Hall–Kier alpha value is -1.79. The van der Waals surface area contributed by atoms with Crippen LogP contribution in [0.25, 0.3) is 5.52 Å². The first kappa shape index (κ1) is 8.79. The van der Waals surface area contributed by atoms with Gasteiger partial charge in [-0.15, -0.1) is 0 Å². The van der Waals surface area contributed by atoms with E-state index >= 15 is 0 Å². The van der Waals surface area contributed by atoms with Crippen molar-refractivity contribution in [2.24, 2.45) is 0 Å². The second-order valence-corrected chi connectivity index (χ2v) is 2.68. The Morgan fingerprint density at radius 1 is 1.29 bits per heavy atom. The lowest BCUT2D eigenvalue weighted by Crippen LogP contribution is -2.10. The van der Waals surface area contributed by atoms with Gasteiger partial charge in [0.2, 0.25) is 0 Å². The van der Waals surface area contributed by atoms with E-state index in [1.807, 2.05) is 0 Å². The van der Waals surface area contributed by atoms with Crippen molar-refractivity contribution in [1.82, 2.24) is 14.6 Å². The van der Waals surface area contributed by atoms with Crippen LogP contribution in [-0.4, -0.2) is 14.6 Å². The summed E-state index contributed by atoms with van der Waals surface area (Å²) >= 11 is 0. The molecular formula is C7H5F3N4. The van der Waals surface area contributed by atoms with E-state index in [4.69, 9.17) is 5.73 Å². The maximum Gasteiger partial charge on any atom is 0.435 e. The van der Waals surface area contributed by atoms with Gasteiger partial charge < -0.3 is 5.73 Å². The van der Waals surface area contributed by atoms with Gasteiger partial charge in [-0.1, -0.05) is 0 Å². The van der Waals surface area contributed by atoms with Crippen LogP contribution in [0.5, 0.6) is 0 Å². The van der Waals surface area contributed by atoms with Crippen LogP contribution in [0.4, 0.5) is 19.0 Å². The summed E-state index contributed by atoms with van der Waals surface area (Å²) in [5, 5.41) is 3.32. The molecule has 2 N–H and O–H groups in total. The minimum atomic E-state index is -4.45. The fourth-order valence-corrected chi connectivity index (χ4v) is 1.06. The van der Waals surface area contributed by atoms with Crippen LogP contribution in [0.3, 0.4) is 0 Å². The van der Waals surface area contributed by atoms with Crippen LogP contribution >= 0.6 is 0 Å². The molecule has 0 atom stereocenters. The highest BCUT2D eigenvalue weighted by molar-refractivity contribution is 5.64. The summed E-state index contributed by atoms with van der Waals surface area (Å²) < 4.78 is 37.6. The third kappa shape index (κ3) is 1.26. The van der Waals surface area contributed by atoms with Crippen LogP contribution in [0, 0.1) is 0 Å². The van der Waals surface area contributed by atoms with Gasteiger partial charge in [0.05, 0.1) is 0 Å². The summed E-state index contributed by atoms with van der Waals surface area (Å²) in [6, 6.07) is 2.10. The summed E-state index contributed by atoms with van der Waals surface area (Å²) in [7, 11) is 0. The number of imidazole rings is 1. The van der Waals surface area contributed by atoms with E-state index in [2.05, 4.69) is 10.1 Å². The Bertz CT molecular complexity index is 473. The molecule has 0 radical (unpaired) electrons. The third-order valence-electron chi connectivity index (χ3n) is 1.72. The molecule has 0 amide bonds. The van der Waals surface area contributed by atoms with Gasteiger partial charge in [-0.2, -0.15) is 18.3 Å². The minimum absolute atomic E-state index is 0.159. The molecule has 0 aromatic carbocycles. The lowest BCUT2D eigenvalue weighted by Gasteiger charge is -2.04. The molecular weight excluding hydrogens is 197 g/mol. The molecule has 2 heterocycles. The molecule has 4 nitrogen and oxygen atoms in total. The molecule has 0 saturated carbocycles. The maximum atomic E-state index is 12.2. The normalized spacial score (nSPS) is 12.2. The summed E-state index contributed by atoms with van der Waals surface area (Å²) in [5.74, 6) is 0.159. The number of nitrogens with two attached hydrogens (primary N) is 1.